The second kappa shape index (κ2) is 40.0. The number of nitriles is 3. The summed E-state index contributed by atoms with van der Waals surface area (Å²) in [4.78, 5) is 117. The minimum atomic E-state index is -2.36. The van der Waals surface area contributed by atoms with Crippen LogP contribution in [0.2, 0.25) is 25.1 Å². The van der Waals surface area contributed by atoms with Gasteiger partial charge in [-0.2, -0.15) is 15.8 Å². The lowest BCUT2D eigenvalue weighted by molar-refractivity contribution is -0.129. The number of amides is 3. The monoisotopic (exact) mass is 1990 g/mol. The fourth-order valence-electron chi connectivity index (χ4n) is 17.5. The third-order valence-electron chi connectivity index (χ3n) is 24.1. The van der Waals surface area contributed by atoms with Gasteiger partial charge in [-0.25, -0.2) is 63.2 Å². The largest absolute Gasteiger partial charge is 0.397 e. The molecule has 0 spiro atoms. The summed E-state index contributed by atoms with van der Waals surface area (Å²) in [6.45, 7) is 34.3. The molecule has 42 heteroatoms. The number of halogens is 16. The van der Waals surface area contributed by atoms with Crippen LogP contribution in [0.15, 0.2) is 107 Å². The van der Waals surface area contributed by atoms with Crippen molar-refractivity contribution in [3.8, 4) is 69.0 Å². The molecular formula is C96H82Cl5F11N20O6. The van der Waals surface area contributed by atoms with Crippen molar-refractivity contribution in [3.63, 3.8) is 0 Å². The Morgan fingerprint density at radius 1 is 0.399 bits per heavy atom. The summed E-state index contributed by atoms with van der Waals surface area (Å²) in [6, 6.07) is 13.8. The summed E-state index contributed by atoms with van der Waals surface area (Å²) in [5.74, 6) is -22.5. The molecule has 0 aliphatic carbocycles. The number of carbonyl (C=O) groups is 3. The van der Waals surface area contributed by atoms with Crippen LogP contribution >= 0.6 is 58.0 Å². The molecule has 0 unspecified atom stereocenters. The second-order valence-electron chi connectivity index (χ2n) is 33.7. The summed E-state index contributed by atoms with van der Waals surface area (Å²) >= 11 is 31.8. The Bertz CT molecular complexity index is 6790. The van der Waals surface area contributed by atoms with E-state index in [0.29, 0.717) is 39.5 Å². The third-order valence-corrected chi connectivity index (χ3v) is 25.6. The van der Waals surface area contributed by atoms with E-state index in [1.165, 1.54) is 47.2 Å². The number of hydrogen-bond acceptors (Lipinski definition) is 20. The number of hydrogen-bond donors (Lipinski definition) is 2. The lowest BCUT2D eigenvalue weighted by Gasteiger charge is -2.41. The van der Waals surface area contributed by atoms with E-state index in [-0.39, 0.29) is 195 Å². The maximum Gasteiger partial charge on any atom is 0.276 e. The van der Waals surface area contributed by atoms with Crippen molar-refractivity contribution >= 4 is 137 Å². The Labute approximate surface area is 805 Å². The van der Waals surface area contributed by atoms with E-state index in [4.69, 9.17) is 74.5 Å². The number of nitrogens with two attached hydrogens (primary N) is 2. The zero-order valence-electron chi connectivity index (χ0n) is 75.6. The van der Waals surface area contributed by atoms with E-state index < -0.39 is 146 Å². The molecule has 3 aromatic carbocycles. The lowest BCUT2D eigenvalue weighted by Crippen LogP contribution is -2.54. The Kier molecular flexibility index (Phi) is 29.4. The molecule has 0 saturated carbocycles. The molecule has 9 aromatic heterocycles. The molecule has 3 saturated heterocycles. The lowest BCUT2D eigenvalue weighted by atomic mass is 10.0. The molecule has 714 valence electrons. The second-order valence-corrected chi connectivity index (χ2v) is 35.7. The van der Waals surface area contributed by atoms with Gasteiger partial charge in [0.1, 0.15) is 67.6 Å². The first kappa shape index (κ1) is 101. The number of rotatable bonds is 15. The smallest absolute Gasteiger partial charge is 0.276 e. The number of benzene rings is 3. The minimum Gasteiger partial charge on any atom is -0.397 e. The molecule has 15 rings (SSSR count). The molecule has 26 nitrogen and oxygen atoms in total. The van der Waals surface area contributed by atoms with Crippen molar-refractivity contribution in [2.24, 2.45) is 0 Å². The fraction of sp³-hybridized carbons (Fsp3) is 0.281. The standard InChI is InChI=1S/C32H28Cl3F2N7O2.C32H26ClF5N6O2.C32H28ClF4N7O2/c1-6-20(45)43-10-9-42(13-16(43)5)30-17-11-19(33)28(21-24(36)22(34)25(37)23(35)26(21)39)41-31(17)44(32(46)18(30)12-38)29-15(4)7-8-40-27(29)14(2)3;1-6-20(45)43-10-9-42(13-16(43)5)30-17-11-19(33)28(21-22(34)24(36)26(38)25(37)23(21)35)41-31(17)44(32(46)18(30)12-39)29-15(4)7-8-40-27(29)14(2)3;1-6-20(45)43-10-9-42(13-16(43)5)30-17-11-19(33)28(21-22(34)24(36)25(37)26(39)23(21)35)41-31(17)44(32(46)18(30)12-38)29-15(4)7-8-40-27(29)14(2)3/h6-8,11,14,16H,1,9-10,13,39H2,2-5H3;6-8,11,14,16H,1,9-10,13H2,2-5H3;6-8,11,14,16H,1,9-10,13,39H2,2-5H3/t3*16-/m111/s1. The summed E-state index contributed by atoms with van der Waals surface area (Å²) < 4.78 is 165. The maximum absolute atomic E-state index is 15.6. The molecule has 0 radical (unpaired) electrons. The van der Waals surface area contributed by atoms with Gasteiger partial charge in [0, 0.05) is 112 Å². The number of nitrogens with zero attached hydrogens (tertiary/aromatic N) is 18. The van der Waals surface area contributed by atoms with Gasteiger partial charge in [-0.05, 0) is 131 Å². The van der Waals surface area contributed by atoms with Crippen LogP contribution in [0.1, 0.15) is 131 Å². The number of aryl methyl sites for hydroxylation is 3. The summed E-state index contributed by atoms with van der Waals surface area (Å²) in [7, 11) is 0. The van der Waals surface area contributed by atoms with Crippen LogP contribution in [0.5, 0.6) is 0 Å². The van der Waals surface area contributed by atoms with Crippen molar-refractivity contribution in [2.75, 3.05) is 85.1 Å². The van der Waals surface area contributed by atoms with Gasteiger partial charge in [0.2, 0.25) is 23.5 Å². The van der Waals surface area contributed by atoms with E-state index in [1.54, 1.807) is 89.7 Å². The van der Waals surface area contributed by atoms with Crippen LogP contribution in [-0.2, 0) is 14.4 Å². The van der Waals surface area contributed by atoms with Gasteiger partial charge in [-0.15, -0.1) is 0 Å². The SMILES string of the molecule is C=CC(=O)N1CCN(c2c(C#N)c(=O)n(-c3c(C)ccnc3C(C)C)c3nc(-c4c(F)c(F)c(F)c(F)c4F)c(Cl)cc23)C[C@H]1C.C=CC(=O)N1CCN(c2c(C#N)c(=O)n(-c3c(C)ccnc3C(C)C)c3nc(-c4c(F)c(N)c(F)c(F)c4F)c(Cl)cc23)C[C@H]1C.C=CC(=O)N1CCN(c2c(C#N)c(=O)n(-c3c(C)ccnc3C(C)C)c3nc(-c4c(N)c(Cl)c(F)c(Cl)c4F)c(Cl)cc23)C[C@H]1C. The first-order valence-electron chi connectivity index (χ1n) is 42.5. The highest BCUT2D eigenvalue weighted by atomic mass is 35.5. The van der Waals surface area contributed by atoms with Crippen molar-refractivity contribution in [3.05, 3.63) is 264 Å². The van der Waals surface area contributed by atoms with Gasteiger partial charge in [0.05, 0.1) is 106 Å². The molecule has 3 atom stereocenters. The first-order valence-corrected chi connectivity index (χ1v) is 44.4. The molecule has 12 heterocycles. The zero-order valence-corrected chi connectivity index (χ0v) is 79.4. The third kappa shape index (κ3) is 17.5. The van der Waals surface area contributed by atoms with Crippen LogP contribution in [-0.4, -0.2) is 153 Å². The normalized spacial score (nSPS) is 15.0. The van der Waals surface area contributed by atoms with Gasteiger partial charge in [0.15, 0.2) is 58.2 Å². The number of nitrogen functional groups attached to an aromatic ring is 2. The van der Waals surface area contributed by atoms with Crippen molar-refractivity contribution < 1.29 is 62.7 Å². The summed E-state index contributed by atoms with van der Waals surface area (Å²) in [5.41, 5.74) is 5.94. The van der Waals surface area contributed by atoms with E-state index in [0.717, 1.165) is 9.13 Å². The van der Waals surface area contributed by atoms with E-state index in [9.17, 15) is 70.9 Å². The Balaban J connectivity index is 0.000000175. The predicted octanol–water partition coefficient (Wildman–Crippen LogP) is 18.9. The zero-order chi connectivity index (χ0) is 101. The average Bonchev–Trinajstić information content (AvgIpc) is 0.726. The number of piperazine rings is 3. The molecule has 3 aliphatic heterocycles. The van der Waals surface area contributed by atoms with Crippen LogP contribution < -0.4 is 42.8 Å². The van der Waals surface area contributed by atoms with Crippen molar-refractivity contribution in [1.82, 2.24) is 58.3 Å². The Hall–Kier alpha value is -14.0. The molecule has 12 aromatic rings. The molecule has 138 heavy (non-hydrogen) atoms. The van der Waals surface area contributed by atoms with Gasteiger partial charge in [0.25, 0.3) is 16.7 Å². The van der Waals surface area contributed by atoms with Crippen molar-refractivity contribution in [2.45, 2.75) is 119 Å². The van der Waals surface area contributed by atoms with Gasteiger partial charge >= 0.3 is 0 Å². The van der Waals surface area contributed by atoms with Gasteiger partial charge < -0.3 is 40.9 Å². The summed E-state index contributed by atoms with van der Waals surface area (Å²) in [5, 5.41) is 29.2. The van der Waals surface area contributed by atoms with Gasteiger partial charge in [-0.3, -0.25) is 57.4 Å². The highest BCUT2D eigenvalue weighted by Crippen LogP contribution is 2.48. The number of aromatic nitrogens is 9. The highest BCUT2D eigenvalue weighted by Gasteiger charge is 2.40. The Morgan fingerprint density at radius 2 is 0.674 bits per heavy atom. The quantitative estimate of drug-likeness (QED) is 0.0316. The van der Waals surface area contributed by atoms with Gasteiger partial charge in [-0.1, -0.05) is 119 Å². The van der Waals surface area contributed by atoms with E-state index in [2.05, 4.69) is 50.7 Å². The predicted molar refractivity (Wildman–Crippen MR) is 507 cm³/mol. The van der Waals surface area contributed by atoms with E-state index in [1.807, 2.05) is 65.5 Å². The molecule has 0 bridgehead atoms. The number of anilines is 5. The molecular weight excluding hydrogens is 1920 g/mol. The number of fused-ring (bicyclic) bond motifs is 3. The number of carbonyl (C=O) groups excluding carboxylic acids is 3. The van der Waals surface area contributed by atoms with Crippen LogP contribution in [0.3, 0.4) is 0 Å². The van der Waals surface area contributed by atoms with E-state index >= 15 is 22.0 Å². The summed E-state index contributed by atoms with van der Waals surface area (Å²) in [6.07, 6.45) is 8.29. The topological polar surface area (TPSA) is 337 Å². The fourth-order valence-corrected chi connectivity index (χ4v) is 18.6. The molecule has 3 fully saturated rings. The maximum atomic E-state index is 15.6. The Morgan fingerprint density at radius 3 is 0.949 bits per heavy atom. The molecule has 4 N–H and O–H groups in total. The highest BCUT2D eigenvalue weighted by molar-refractivity contribution is 6.39. The molecule has 3 aliphatic rings. The molecule has 3 amide bonds. The van der Waals surface area contributed by atoms with Crippen LogP contribution in [0, 0.1) is 119 Å². The average molecular weight is 2000 g/mol. The minimum absolute atomic E-state index is 0.00372. The van der Waals surface area contributed by atoms with Crippen LogP contribution in [0.4, 0.5) is 76.7 Å². The number of pyridine rings is 9. The van der Waals surface area contributed by atoms with Crippen molar-refractivity contribution in [1.29, 1.82) is 15.8 Å². The van der Waals surface area contributed by atoms with Crippen LogP contribution in [0.25, 0.3) is 83.9 Å². The first-order chi connectivity index (χ1) is 65.2.